The van der Waals surface area contributed by atoms with E-state index in [-0.39, 0.29) is 11.6 Å². The summed E-state index contributed by atoms with van der Waals surface area (Å²) in [5.41, 5.74) is -1.10. The van der Waals surface area contributed by atoms with Crippen LogP contribution in [0.5, 0.6) is 11.5 Å². The Morgan fingerprint density at radius 2 is 1.09 bits per heavy atom. The van der Waals surface area contributed by atoms with Gasteiger partial charge in [-0.1, -0.05) is 30.3 Å². The molecule has 0 atom stereocenters. The van der Waals surface area contributed by atoms with Crippen molar-refractivity contribution >= 4 is 17.7 Å². The van der Waals surface area contributed by atoms with Gasteiger partial charge >= 0.3 is 36.1 Å². The second-order valence-corrected chi connectivity index (χ2v) is 6.28. The molecule has 0 aromatic heterocycles. The molecule has 2 aromatic rings. The van der Waals surface area contributed by atoms with Crippen LogP contribution in [0.2, 0.25) is 0 Å². The van der Waals surface area contributed by atoms with Gasteiger partial charge in [-0.05, 0) is 12.1 Å². The van der Waals surface area contributed by atoms with Crippen LogP contribution >= 0.6 is 0 Å². The number of carbonyl (C=O) groups is 3. The summed E-state index contributed by atoms with van der Waals surface area (Å²) in [5.74, 6) is -22.5. The molecule has 0 heterocycles. The first kappa shape index (κ1) is 26.6. The molecule has 2 aromatic carbocycles. The van der Waals surface area contributed by atoms with E-state index in [1.54, 1.807) is 0 Å². The highest BCUT2D eigenvalue weighted by atomic mass is 19.4. The average Bonchev–Trinajstić information content (AvgIpc) is 2.72. The van der Waals surface area contributed by atoms with Crippen molar-refractivity contribution in [3.63, 3.8) is 0 Å². The van der Waals surface area contributed by atoms with E-state index in [4.69, 9.17) is 0 Å². The van der Waals surface area contributed by atoms with Crippen molar-refractivity contribution in [1.29, 1.82) is 0 Å². The number of rotatable bonds is 6. The molecule has 0 radical (unpaired) electrons. The zero-order valence-corrected chi connectivity index (χ0v) is 15.9. The third-order valence-electron chi connectivity index (χ3n) is 3.87. The molecule has 0 saturated heterocycles. The van der Waals surface area contributed by atoms with Crippen LogP contribution in [0.25, 0.3) is 0 Å². The van der Waals surface area contributed by atoms with Gasteiger partial charge in [0.15, 0.2) is 5.78 Å². The number of ketones is 1. The van der Waals surface area contributed by atoms with Gasteiger partial charge in [0.2, 0.25) is 0 Å². The normalized spacial score (nSPS) is 12.8. The molecule has 0 amide bonds. The first-order valence-corrected chi connectivity index (χ1v) is 8.47. The fourth-order valence-electron chi connectivity index (χ4n) is 2.15. The lowest BCUT2D eigenvalue weighted by atomic mass is 10.0. The average molecular weight is 506 g/mol. The van der Waals surface area contributed by atoms with E-state index in [0.717, 1.165) is 12.1 Å². The summed E-state index contributed by atoms with van der Waals surface area (Å²) in [6.45, 7) is 0. The van der Waals surface area contributed by atoms with Crippen molar-refractivity contribution in [2.24, 2.45) is 0 Å². The number of benzene rings is 2. The van der Waals surface area contributed by atoms with Crippen LogP contribution in [0.4, 0.5) is 43.9 Å². The van der Waals surface area contributed by atoms with Crippen molar-refractivity contribution < 1.29 is 67.8 Å². The maximum atomic E-state index is 13.3. The molecule has 5 nitrogen and oxygen atoms in total. The third kappa shape index (κ3) is 5.28. The number of hydrogen-bond donors (Lipinski definition) is 0. The van der Waals surface area contributed by atoms with E-state index in [1.165, 1.54) is 18.2 Å². The highest BCUT2D eigenvalue weighted by molar-refractivity contribution is 6.11. The molecule has 0 N–H and O–H groups in total. The summed E-state index contributed by atoms with van der Waals surface area (Å²) in [7, 11) is 0. The lowest BCUT2D eigenvalue weighted by Crippen LogP contribution is -2.46. The van der Waals surface area contributed by atoms with E-state index in [9.17, 15) is 58.3 Å². The molecule has 0 spiro atoms. The second kappa shape index (κ2) is 8.95. The summed E-state index contributed by atoms with van der Waals surface area (Å²) >= 11 is 0. The smallest absolute Gasteiger partial charge is 0.422 e. The van der Waals surface area contributed by atoms with Gasteiger partial charge in [-0.2, -0.15) is 43.9 Å². The van der Waals surface area contributed by atoms with Gasteiger partial charge < -0.3 is 9.47 Å². The molecule has 0 aliphatic rings. The van der Waals surface area contributed by atoms with E-state index in [2.05, 4.69) is 9.47 Å². The predicted octanol–water partition coefficient (Wildman–Crippen LogP) is 5.12. The molecule has 0 bridgehead atoms. The zero-order chi connectivity index (χ0) is 26.1. The summed E-state index contributed by atoms with van der Waals surface area (Å²) < 4.78 is 135. The van der Waals surface area contributed by atoms with E-state index >= 15 is 0 Å². The maximum absolute atomic E-state index is 13.3. The number of esters is 2. The standard InChI is InChI=1S/C19H8F10O5/c20-16(21,18(24,25)26)14(31)33-10-6-7-11(13(30)9-4-2-1-3-5-9)12(8-10)34-15(32)17(22,23)19(27,28)29/h1-8H. The Kier molecular flexibility index (Phi) is 7.00. The quantitative estimate of drug-likeness (QED) is 0.236. The van der Waals surface area contributed by atoms with Crippen LogP contribution in [-0.2, 0) is 9.59 Å². The fourth-order valence-corrected chi connectivity index (χ4v) is 2.15. The minimum Gasteiger partial charge on any atom is -0.422 e. The van der Waals surface area contributed by atoms with Gasteiger partial charge in [-0.15, -0.1) is 0 Å². The van der Waals surface area contributed by atoms with Crippen LogP contribution < -0.4 is 9.47 Å². The lowest BCUT2D eigenvalue weighted by Gasteiger charge is -2.20. The topological polar surface area (TPSA) is 69.7 Å². The first-order chi connectivity index (χ1) is 15.4. The van der Waals surface area contributed by atoms with Crippen LogP contribution in [-0.4, -0.2) is 41.9 Å². The van der Waals surface area contributed by atoms with Crippen LogP contribution in [0, 0.1) is 0 Å². The maximum Gasteiger partial charge on any atom is 0.465 e. The summed E-state index contributed by atoms with van der Waals surface area (Å²) in [6, 6.07) is 7.33. The third-order valence-corrected chi connectivity index (χ3v) is 3.87. The number of carbonyl (C=O) groups excluding carboxylic acids is 3. The fraction of sp³-hybridized carbons (Fsp3) is 0.211. The Bertz CT molecular complexity index is 1090. The molecule has 0 aliphatic heterocycles. The molecule has 0 unspecified atom stereocenters. The number of alkyl halides is 10. The Morgan fingerprint density at radius 1 is 0.618 bits per heavy atom. The van der Waals surface area contributed by atoms with Crippen LogP contribution in [0.3, 0.4) is 0 Å². The molecular weight excluding hydrogens is 498 g/mol. The monoisotopic (exact) mass is 506 g/mol. The number of ether oxygens (including phenoxy) is 2. The highest BCUT2D eigenvalue weighted by Crippen LogP contribution is 2.39. The van der Waals surface area contributed by atoms with Crippen molar-refractivity contribution in [1.82, 2.24) is 0 Å². The van der Waals surface area contributed by atoms with Gasteiger partial charge in [0.05, 0.1) is 5.56 Å². The Hall–Kier alpha value is -3.65. The summed E-state index contributed by atoms with van der Waals surface area (Å²) in [4.78, 5) is 35.2. The van der Waals surface area contributed by atoms with Gasteiger partial charge in [0.1, 0.15) is 11.5 Å². The van der Waals surface area contributed by atoms with Gasteiger partial charge in [0.25, 0.3) is 0 Å². The van der Waals surface area contributed by atoms with Gasteiger partial charge in [-0.25, -0.2) is 9.59 Å². The molecule has 0 fully saturated rings. The van der Waals surface area contributed by atoms with Crippen molar-refractivity contribution in [3.8, 4) is 11.5 Å². The molecule has 0 aliphatic carbocycles. The molecule has 34 heavy (non-hydrogen) atoms. The Labute approximate surface area is 181 Å². The van der Waals surface area contributed by atoms with E-state index < -0.39 is 59.0 Å². The highest BCUT2D eigenvalue weighted by Gasteiger charge is 2.66. The molecular formula is C19H8F10O5. The minimum absolute atomic E-state index is 0.0465. The van der Waals surface area contributed by atoms with Gasteiger partial charge in [0, 0.05) is 11.6 Å². The molecule has 2 rings (SSSR count). The lowest BCUT2D eigenvalue weighted by molar-refractivity contribution is -0.276. The molecule has 0 saturated carbocycles. The number of hydrogen-bond acceptors (Lipinski definition) is 5. The Balaban J connectivity index is 2.51. The zero-order valence-electron chi connectivity index (χ0n) is 15.9. The van der Waals surface area contributed by atoms with Crippen molar-refractivity contribution in [2.75, 3.05) is 0 Å². The van der Waals surface area contributed by atoms with Crippen molar-refractivity contribution in [3.05, 3.63) is 59.7 Å². The minimum atomic E-state index is -6.44. The Morgan fingerprint density at radius 3 is 1.56 bits per heavy atom. The SMILES string of the molecule is O=C(c1ccccc1)c1ccc(OC(=O)C(F)(F)C(F)(F)F)cc1OC(=O)C(F)(F)C(F)(F)F. The van der Waals surface area contributed by atoms with Gasteiger partial charge in [-0.3, -0.25) is 4.79 Å². The largest absolute Gasteiger partial charge is 0.465 e. The number of halogens is 10. The first-order valence-electron chi connectivity index (χ1n) is 8.47. The summed E-state index contributed by atoms with van der Waals surface area (Å²) in [5, 5.41) is 0. The molecule has 15 heteroatoms. The van der Waals surface area contributed by atoms with Crippen LogP contribution in [0.1, 0.15) is 15.9 Å². The predicted molar refractivity (Wildman–Crippen MR) is 89.6 cm³/mol. The van der Waals surface area contributed by atoms with E-state index in [0.29, 0.717) is 12.1 Å². The van der Waals surface area contributed by atoms with Crippen molar-refractivity contribution in [2.45, 2.75) is 24.2 Å². The summed E-state index contributed by atoms with van der Waals surface area (Å²) in [6.07, 6.45) is -12.8. The van der Waals surface area contributed by atoms with Crippen LogP contribution in [0.15, 0.2) is 48.5 Å². The van der Waals surface area contributed by atoms with E-state index in [1.807, 2.05) is 0 Å². The second-order valence-electron chi connectivity index (χ2n) is 6.28. The molecule has 184 valence electrons.